The molecular formula is C100H106Cl4N26O9. The molecule has 139 heavy (non-hydrogen) atoms. The Kier molecular flexibility index (Phi) is 32.6. The fraction of sp³-hybridized carbons (Fsp3) is 0.280. The number of pyridine rings is 5. The average Bonchev–Trinajstić information content (AvgIpc) is 1.61. The van der Waals surface area contributed by atoms with Crippen LogP contribution in [0.25, 0.3) is 60.6 Å². The molecule has 0 aliphatic carbocycles. The number of carbonyl (C=O) groups is 6. The van der Waals surface area contributed by atoms with Crippen molar-refractivity contribution >= 4 is 165 Å². The summed E-state index contributed by atoms with van der Waals surface area (Å²) in [6, 6.07) is 46.1. The van der Waals surface area contributed by atoms with Crippen molar-refractivity contribution < 1.29 is 38.2 Å². The van der Waals surface area contributed by atoms with Crippen LogP contribution in [0.4, 0.5) is 28.4 Å². The van der Waals surface area contributed by atoms with E-state index in [-0.39, 0.29) is 57.5 Å². The largest absolute Gasteiger partial charge is 0.495 e. The molecule has 3 aliphatic heterocycles. The topological polar surface area (TPSA) is 392 Å². The van der Waals surface area contributed by atoms with Gasteiger partial charge in [0, 0.05) is 175 Å². The third-order valence-corrected chi connectivity index (χ3v) is 25.1. The molecule has 718 valence electrons. The molecule has 0 radical (unpaired) electrons. The number of rotatable bonds is 22. The molecule has 19 rings (SSSR count). The summed E-state index contributed by atoms with van der Waals surface area (Å²) in [4.78, 5) is 117. The van der Waals surface area contributed by atoms with E-state index in [0.717, 1.165) is 166 Å². The first kappa shape index (κ1) is 99.1. The molecule has 16 aromatic rings. The van der Waals surface area contributed by atoms with Gasteiger partial charge < -0.3 is 56.6 Å². The number of amides is 6. The maximum Gasteiger partial charge on any atom is 0.278 e. The molecule has 0 bridgehead atoms. The van der Waals surface area contributed by atoms with Crippen LogP contribution in [-0.4, -0.2) is 241 Å². The lowest BCUT2D eigenvalue weighted by molar-refractivity contribution is -0.130. The van der Waals surface area contributed by atoms with Gasteiger partial charge in [0.15, 0.2) is 22.7 Å². The Morgan fingerprint density at radius 2 is 0.820 bits per heavy atom. The van der Waals surface area contributed by atoms with E-state index in [0.29, 0.717) is 112 Å². The minimum atomic E-state index is -0.426. The van der Waals surface area contributed by atoms with Gasteiger partial charge in [-0.3, -0.25) is 52.9 Å². The summed E-state index contributed by atoms with van der Waals surface area (Å²) >= 11 is 24.7. The second-order valence-corrected chi connectivity index (χ2v) is 35.1. The monoisotopic (exact) mass is 1950 g/mol. The average molecular weight is 1960 g/mol. The number of para-hydroxylation sites is 1. The highest BCUT2D eigenvalue weighted by atomic mass is 35.5. The predicted octanol–water partition coefficient (Wildman–Crippen LogP) is 14.7. The van der Waals surface area contributed by atoms with Crippen LogP contribution in [0, 0.1) is 41.5 Å². The molecule has 0 atom stereocenters. The third-order valence-electron chi connectivity index (χ3n) is 23.9. The van der Waals surface area contributed by atoms with Crippen LogP contribution < -0.4 is 52.1 Å². The number of aryl methyl sites for hydroxylation is 7. The van der Waals surface area contributed by atoms with Crippen LogP contribution in [-0.2, 0) is 31.5 Å². The molecule has 13 heterocycles. The Morgan fingerprint density at radius 3 is 1.33 bits per heavy atom. The Labute approximate surface area is 820 Å². The van der Waals surface area contributed by atoms with Gasteiger partial charge in [0.1, 0.15) is 28.2 Å². The van der Waals surface area contributed by atoms with E-state index in [1.807, 2.05) is 157 Å². The third kappa shape index (κ3) is 24.1. The van der Waals surface area contributed by atoms with Crippen molar-refractivity contribution in [2.45, 2.75) is 68.1 Å². The number of aromatic amines is 1. The zero-order valence-corrected chi connectivity index (χ0v) is 81.5. The van der Waals surface area contributed by atoms with Crippen molar-refractivity contribution in [3.63, 3.8) is 0 Å². The second-order valence-electron chi connectivity index (χ2n) is 33.5. The Balaban J connectivity index is 0.000000132. The first-order chi connectivity index (χ1) is 67.1. The number of ether oxygens (including phenoxy) is 2. The van der Waals surface area contributed by atoms with Gasteiger partial charge in [-0.15, -0.1) is 0 Å². The van der Waals surface area contributed by atoms with Gasteiger partial charge in [-0.1, -0.05) is 118 Å². The summed E-state index contributed by atoms with van der Waals surface area (Å²) in [6.07, 6.45) is 11.1. The van der Waals surface area contributed by atoms with Crippen molar-refractivity contribution in [1.29, 1.82) is 0 Å². The first-order valence-electron chi connectivity index (χ1n) is 45.2. The first-order valence-corrected chi connectivity index (χ1v) is 46.7. The van der Waals surface area contributed by atoms with Crippen LogP contribution in [0.5, 0.6) is 11.5 Å². The Hall–Kier alpha value is -14.4. The highest BCUT2D eigenvalue weighted by Gasteiger charge is 2.28. The summed E-state index contributed by atoms with van der Waals surface area (Å²) in [7, 11) is 4.89. The summed E-state index contributed by atoms with van der Waals surface area (Å²) in [5, 5.41) is 48.4. The second kappa shape index (κ2) is 45.7. The zero-order chi connectivity index (χ0) is 98.1. The number of nitrogens with one attached hydrogen (secondary N) is 8. The number of piperazine rings is 3. The summed E-state index contributed by atoms with van der Waals surface area (Å²) in [6.45, 7) is 29.0. The van der Waals surface area contributed by atoms with Crippen molar-refractivity contribution in [2.24, 2.45) is 7.05 Å². The van der Waals surface area contributed by atoms with E-state index in [2.05, 4.69) is 102 Å². The standard InChI is InChI=1S/C22H24Cl2N6O2.C21H25ClN6O2.C21H26N6O2.C21H18N4O2.C15H13ClN4O/c1-14-19-20(24)18(22(32)26-17-5-3-16(23)4-6-17)13-25-21(19)30(27-14)12-9-28-7-10-29(11-8-28)15(2)31;1-14-18-19(30-2)17(21(29)25-16-5-3-15(22)4-6-16)13-24-20(18)28(26-14)12-11-27-9-7-23-8-10-27;1-14-3-5-16(6-4-14)24-21(29)17-13-23-20-18(19(17)28)15(2)25-27(20)12-11-26-9-7-22-8-10-26;1-14-8-10-15(11-9-14)24-21(26)19-20(27-2)17-12-23-25(18(17)13-22-19)16-6-4-3-5-7-16;1-9-3-5-10(6-4-9)19-15(21)14-13(16)11-7-18-20(2)12(11)8-17-14/h3-6,13H,7-12H2,1-2H3,(H,26,32);3-6,13,23H,7-12H2,1-2H3,(H,25,29);3-6,13,22H,7-12H2,1-2H3,(H,23,28)(H,24,29);3-13H,1-2H3,(H,24,26);3-8H,1-2H3,(H,19,21). The Bertz CT molecular complexity index is 7170. The lowest BCUT2D eigenvalue weighted by Gasteiger charge is -2.34. The molecular weight excluding hydrogens is 1850 g/mol. The maximum atomic E-state index is 13.0. The van der Waals surface area contributed by atoms with Gasteiger partial charge in [0.2, 0.25) is 11.3 Å². The van der Waals surface area contributed by atoms with E-state index in [4.69, 9.17) is 55.9 Å². The van der Waals surface area contributed by atoms with Crippen LogP contribution in [0.1, 0.15) is 92.7 Å². The maximum absolute atomic E-state index is 13.0. The number of carbonyl (C=O) groups excluding carboxylic acids is 6. The van der Waals surface area contributed by atoms with Gasteiger partial charge in [-0.25, -0.2) is 38.7 Å². The smallest absolute Gasteiger partial charge is 0.278 e. The molecule has 35 nitrogen and oxygen atoms in total. The lowest BCUT2D eigenvalue weighted by atomic mass is 10.1. The fourth-order valence-corrected chi connectivity index (χ4v) is 17.1. The molecule has 3 fully saturated rings. The molecule has 8 N–H and O–H groups in total. The number of halogens is 4. The van der Waals surface area contributed by atoms with Gasteiger partial charge in [0.05, 0.1) is 130 Å². The van der Waals surface area contributed by atoms with Crippen LogP contribution >= 0.6 is 46.4 Å². The van der Waals surface area contributed by atoms with E-state index >= 15 is 0 Å². The van der Waals surface area contributed by atoms with Crippen molar-refractivity contribution in [1.82, 2.24) is 104 Å². The van der Waals surface area contributed by atoms with Gasteiger partial charge in [-0.05, 0) is 139 Å². The van der Waals surface area contributed by atoms with Crippen molar-refractivity contribution in [2.75, 3.05) is 139 Å². The summed E-state index contributed by atoms with van der Waals surface area (Å²) in [5.41, 5.74) is 14.2. The molecule has 3 aliphatic rings. The molecule has 0 saturated carbocycles. The molecule has 3 saturated heterocycles. The van der Waals surface area contributed by atoms with Gasteiger partial charge >= 0.3 is 0 Å². The van der Waals surface area contributed by atoms with Crippen molar-refractivity contribution in [3.8, 4) is 17.2 Å². The molecule has 0 unspecified atom stereocenters. The molecule has 0 spiro atoms. The van der Waals surface area contributed by atoms with Crippen molar-refractivity contribution in [3.05, 3.63) is 287 Å². The number of hydrogen-bond donors (Lipinski definition) is 8. The highest BCUT2D eigenvalue weighted by Crippen LogP contribution is 2.35. The number of benzene rings is 6. The lowest BCUT2D eigenvalue weighted by Crippen LogP contribution is -2.48. The van der Waals surface area contributed by atoms with Crippen LogP contribution in [0.2, 0.25) is 20.1 Å². The number of methoxy groups -OCH3 is 2. The number of aromatic nitrogens is 15. The molecule has 6 aromatic carbocycles. The normalized spacial score (nSPS) is 13.4. The number of nitrogens with zero attached hydrogens (tertiary/aromatic N) is 18. The number of anilines is 5. The van der Waals surface area contributed by atoms with E-state index in [1.165, 1.54) is 19.5 Å². The summed E-state index contributed by atoms with van der Waals surface area (Å²) < 4.78 is 20.1. The SMILES string of the molecule is CC(=O)N1CCN(CCn2nc(C)c3c(Cl)c(C(=O)Nc4ccc(Cl)cc4)cnc32)CC1.COc1c(C(=O)Nc2ccc(C)cc2)ncc2c1cnn2-c1ccccc1.COc1c(C(=O)Nc2ccc(Cl)cc2)cnc2c1c(C)nn2CCN1CCNCC1.Cc1ccc(NC(=O)c2c[nH]c3c(c(C)nn3CCN3CCNCC3)c2=O)cc1.Cc1ccc(NC(=O)c2ncc3c(cnn3C)c2Cl)cc1. The van der Waals surface area contributed by atoms with E-state index in [9.17, 15) is 33.6 Å². The van der Waals surface area contributed by atoms with E-state index < -0.39 is 5.91 Å². The highest BCUT2D eigenvalue weighted by molar-refractivity contribution is 6.39. The summed E-state index contributed by atoms with van der Waals surface area (Å²) in [5.74, 6) is -0.729. The Morgan fingerprint density at radius 1 is 0.403 bits per heavy atom. The van der Waals surface area contributed by atoms with Crippen LogP contribution in [0.3, 0.4) is 0 Å². The van der Waals surface area contributed by atoms with E-state index in [1.54, 1.807) is 117 Å². The number of hydrogen-bond acceptors (Lipinski definition) is 23. The predicted molar refractivity (Wildman–Crippen MR) is 544 cm³/mol. The fourth-order valence-electron chi connectivity index (χ4n) is 16.2. The van der Waals surface area contributed by atoms with Crippen LogP contribution in [0.15, 0.2) is 200 Å². The molecule has 10 aromatic heterocycles. The molecule has 39 heteroatoms. The van der Waals surface area contributed by atoms with Gasteiger partial charge in [0.25, 0.3) is 29.5 Å². The number of H-pyrrole nitrogens is 1. The zero-order valence-electron chi connectivity index (χ0n) is 78.4. The van der Waals surface area contributed by atoms with Gasteiger partial charge in [-0.2, -0.15) is 25.5 Å². The number of fused-ring (bicyclic) bond motifs is 5. The minimum absolute atomic E-state index is 0.0860. The minimum Gasteiger partial charge on any atom is -0.495 e. The molecule has 6 amide bonds. The quantitative estimate of drug-likeness (QED) is 0.0312.